The Morgan fingerprint density at radius 1 is 1.41 bits per heavy atom. The van der Waals surface area contributed by atoms with Gasteiger partial charge in [0, 0.05) is 10.9 Å². The summed E-state index contributed by atoms with van der Waals surface area (Å²) >= 11 is 3.36. The molecule has 2 N–H and O–H groups in total. The molecule has 17 heavy (non-hydrogen) atoms. The van der Waals surface area contributed by atoms with Gasteiger partial charge >= 0.3 is 5.97 Å². The summed E-state index contributed by atoms with van der Waals surface area (Å²) in [5.74, 6) is -0.832. The van der Waals surface area contributed by atoms with Crippen molar-refractivity contribution in [2.75, 3.05) is 0 Å². The van der Waals surface area contributed by atoms with Crippen LogP contribution in [-0.2, 0) is 11.2 Å². The summed E-state index contributed by atoms with van der Waals surface area (Å²) in [6, 6.07) is 7.83. The third-order valence-corrected chi connectivity index (χ3v) is 3.10. The molecule has 0 aliphatic carbocycles. The van der Waals surface area contributed by atoms with Gasteiger partial charge in [-0.1, -0.05) is 34.9 Å². The summed E-state index contributed by atoms with van der Waals surface area (Å²) in [4.78, 5) is 10.7. The van der Waals surface area contributed by atoms with Crippen LogP contribution < -0.4 is 0 Å². The average molecular weight is 299 g/mol. The zero-order valence-corrected chi connectivity index (χ0v) is 11.4. The maximum absolute atomic E-state index is 10.7. The molecule has 0 heterocycles. The first-order chi connectivity index (χ1) is 7.97. The molecule has 0 amide bonds. The number of carboxylic acid groups (broad SMARTS) is 1. The lowest BCUT2D eigenvalue weighted by atomic mass is 9.62. The molecule has 1 atom stereocenters. The second-order valence-corrected chi connectivity index (χ2v) is 5.29. The Morgan fingerprint density at radius 2 is 2.00 bits per heavy atom. The highest BCUT2D eigenvalue weighted by atomic mass is 79.9. The van der Waals surface area contributed by atoms with Crippen molar-refractivity contribution >= 4 is 28.8 Å². The van der Waals surface area contributed by atoms with E-state index in [1.165, 1.54) is 0 Å². The van der Waals surface area contributed by atoms with Crippen molar-refractivity contribution in [1.29, 1.82) is 0 Å². The van der Waals surface area contributed by atoms with E-state index in [0.717, 1.165) is 10.0 Å². The van der Waals surface area contributed by atoms with Crippen molar-refractivity contribution in [1.82, 2.24) is 0 Å². The Labute approximate surface area is 110 Å². The minimum absolute atomic E-state index is 0.0197. The molecule has 0 radical (unpaired) electrons. The molecule has 92 valence electrons. The maximum atomic E-state index is 10.7. The van der Waals surface area contributed by atoms with Crippen molar-refractivity contribution < 1.29 is 14.9 Å². The monoisotopic (exact) mass is 298 g/mol. The lowest BCUT2D eigenvalue weighted by Crippen LogP contribution is -2.18. The highest BCUT2D eigenvalue weighted by Gasteiger charge is 2.18. The fourth-order valence-corrected chi connectivity index (χ4v) is 2.19. The number of aliphatic carboxylic acids is 1. The first-order valence-corrected chi connectivity index (χ1v) is 6.41. The van der Waals surface area contributed by atoms with Crippen molar-refractivity contribution in [3.63, 3.8) is 0 Å². The number of carbonyl (C=O) groups is 1. The molecular formula is C12H16BBrO3. The molecule has 0 aliphatic rings. The Kier molecular flexibility index (Phi) is 5.72. The van der Waals surface area contributed by atoms with Gasteiger partial charge in [0.05, 0.1) is 0 Å². The van der Waals surface area contributed by atoms with E-state index < -0.39 is 12.9 Å². The van der Waals surface area contributed by atoms with E-state index in [0.29, 0.717) is 12.7 Å². The van der Waals surface area contributed by atoms with E-state index in [9.17, 15) is 9.82 Å². The standard InChI is InChI=1S/C12H16BBrO3/c1-13(17)8-10(7-12(15)16)6-9-2-4-11(14)5-3-9/h2-5,10,17H,6-8H2,1H3,(H,15,16)/t10-/m1/s1. The van der Waals surface area contributed by atoms with Crippen LogP contribution in [0.1, 0.15) is 12.0 Å². The van der Waals surface area contributed by atoms with Gasteiger partial charge in [-0.2, -0.15) is 0 Å². The van der Waals surface area contributed by atoms with Gasteiger partial charge in [0.15, 0.2) is 0 Å². The quantitative estimate of drug-likeness (QED) is 0.794. The van der Waals surface area contributed by atoms with Gasteiger partial charge in [-0.05, 0) is 36.4 Å². The number of halogens is 1. The SMILES string of the molecule is CB(O)C[C@@H](CC(=O)O)Cc1ccc(Br)cc1. The number of hydrogen-bond donors (Lipinski definition) is 2. The van der Waals surface area contributed by atoms with Crippen LogP contribution in [-0.4, -0.2) is 23.0 Å². The molecule has 0 aliphatic heterocycles. The van der Waals surface area contributed by atoms with E-state index in [1.54, 1.807) is 6.82 Å². The predicted molar refractivity (Wildman–Crippen MR) is 72.2 cm³/mol. The fraction of sp³-hybridized carbons (Fsp3) is 0.417. The first kappa shape index (κ1) is 14.3. The van der Waals surface area contributed by atoms with Gasteiger partial charge < -0.3 is 10.1 Å². The van der Waals surface area contributed by atoms with Crippen molar-refractivity contribution in [3.05, 3.63) is 34.3 Å². The van der Waals surface area contributed by atoms with Gasteiger partial charge in [-0.25, -0.2) is 0 Å². The van der Waals surface area contributed by atoms with Crippen LogP contribution in [0.2, 0.25) is 13.1 Å². The largest absolute Gasteiger partial charge is 0.481 e. The molecule has 3 nitrogen and oxygen atoms in total. The molecular weight excluding hydrogens is 283 g/mol. The normalized spacial score (nSPS) is 12.2. The highest BCUT2D eigenvalue weighted by molar-refractivity contribution is 9.10. The highest BCUT2D eigenvalue weighted by Crippen LogP contribution is 2.19. The third kappa shape index (κ3) is 5.89. The van der Waals surface area contributed by atoms with Crippen molar-refractivity contribution in [3.8, 4) is 0 Å². The second-order valence-electron chi connectivity index (χ2n) is 4.38. The van der Waals surface area contributed by atoms with Crippen LogP contribution in [0, 0.1) is 5.92 Å². The van der Waals surface area contributed by atoms with Crippen molar-refractivity contribution in [2.24, 2.45) is 5.92 Å². The lowest BCUT2D eigenvalue weighted by molar-refractivity contribution is -0.137. The molecule has 1 aromatic rings. The number of carboxylic acids is 1. The zero-order valence-electron chi connectivity index (χ0n) is 9.77. The van der Waals surface area contributed by atoms with Crippen LogP contribution >= 0.6 is 15.9 Å². The summed E-state index contributed by atoms with van der Waals surface area (Å²) in [5.41, 5.74) is 1.10. The number of benzene rings is 1. The molecule has 1 rings (SSSR count). The summed E-state index contributed by atoms with van der Waals surface area (Å²) < 4.78 is 1.01. The summed E-state index contributed by atoms with van der Waals surface area (Å²) in [7, 11) is 0. The molecule has 0 spiro atoms. The molecule has 0 fully saturated rings. The Hall–Kier alpha value is -0.805. The van der Waals surface area contributed by atoms with Crippen LogP contribution in [0.3, 0.4) is 0 Å². The Balaban J connectivity index is 2.64. The minimum atomic E-state index is -0.812. The Bertz CT molecular complexity index is 365. The molecule has 0 saturated heterocycles. The van der Waals surface area contributed by atoms with Gasteiger partial charge in [0.1, 0.15) is 0 Å². The summed E-state index contributed by atoms with van der Waals surface area (Å²) in [6.07, 6.45) is 1.30. The first-order valence-electron chi connectivity index (χ1n) is 5.61. The summed E-state index contributed by atoms with van der Waals surface area (Å²) in [5, 5.41) is 18.2. The third-order valence-electron chi connectivity index (χ3n) is 2.58. The molecule has 0 saturated carbocycles. The summed E-state index contributed by atoms with van der Waals surface area (Å²) in [6.45, 7) is 1.23. The number of rotatable bonds is 6. The smallest absolute Gasteiger partial charge is 0.303 e. The van der Waals surface area contributed by atoms with Crippen LogP contribution in [0.15, 0.2) is 28.7 Å². The molecule has 0 aromatic heterocycles. The van der Waals surface area contributed by atoms with Crippen LogP contribution in [0.4, 0.5) is 0 Å². The predicted octanol–water partition coefficient (Wildman–Crippen LogP) is 2.70. The van der Waals surface area contributed by atoms with Crippen LogP contribution in [0.5, 0.6) is 0 Å². The van der Waals surface area contributed by atoms with E-state index >= 15 is 0 Å². The molecule has 0 unspecified atom stereocenters. The zero-order chi connectivity index (χ0) is 12.8. The number of hydrogen-bond acceptors (Lipinski definition) is 2. The van der Waals surface area contributed by atoms with Crippen molar-refractivity contribution in [2.45, 2.75) is 26.0 Å². The molecule has 0 bridgehead atoms. The second kappa shape index (κ2) is 6.82. The molecule has 5 heteroatoms. The lowest BCUT2D eigenvalue weighted by Gasteiger charge is -2.15. The van der Waals surface area contributed by atoms with E-state index in [1.807, 2.05) is 24.3 Å². The van der Waals surface area contributed by atoms with E-state index in [4.69, 9.17) is 5.11 Å². The van der Waals surface area contributed by atoms with E-state index in [-0.39, 0.29) is 12.3 Å². The molecule has 1 aromatic carbocycles. The average Bonchev–Trinajstić information content (AvgIpc) is 2.19. The van der Waals surface area contributed by atoms with Gasteiger partial charge in [-0.3, -0.25) is 4.79 Å². The van der Waals surface area contributed by atoms with Crippen LogP contribution in [0.25, 0.3) is 0 Å². The topological polar surface area (TPSA) is 57.5 Å². The minimum Gasteiger partial charge on any atom is -0.481 e. The van der Waals surface area contributed by atoms with Gasteiger partial charge in [0.2, 0.25) is 0 Å². The maximum Gasteiger partial charge on any atom is 0.303 e. The fourth-order valence-electron chi connectivity index (χ4n) is 1.92. The van der Waals surface area contributed by atoms with E-state index in [2.05, 4.69) is 15.9 Å². The van der Waals surface area contributed by atoms with Gasteiger partial charge in [0.25, 0.3) is 6.92 Å². The Morgan fingerprint density at radius 3 is 2.47 bits per heavy atom. The van der Waals surface area contributed by atoms with Gasteiger partial charge in [-0.15, -0.1) is 0 Å².